The van der Waals surface area contributed by atoms with Crippen LogP contribution < -0.4 is 0 Å². The van der Waals surface area contributed by atoms with Crippen LogP contribution in [-0.2, 0) is 28.6 Å². The summed E-state index contributed by atoms with van der Waals surface area (Å²) in [4.78, 5) is 37.5. The highest BCUT2D eigenvalue weighted by atomic mass is 16.6. The average Bonchev–Trinajstić information content (AvgIpc) is 3.14. The molecule has 0 radical (unpaired) electrons. The van der Waals surface area contributed by atoms with Gasteiger partial charge in [-0.3, -0.25) is 14.4 Å². The molecule has 1 atom stereocenters. The van der Waals surface area contributed by atoms with Crippen LogP contribution in [0.3, 0.4) is 0 Å². The summed E-state index contributed by atoms with van der Waals surface area (Å²) in [5.41, 5.74) is 0. The van der Waals surface area contributed by atoms with Gasteiger partial charge in [0.2, 0.25) is 0 Å². The van der Waals surface area contributed by atoms with Crippen molar-refractivity contribution >= 4 is 17.9 Å². The van der Waals surface area contributed by atoms with Crippen LogP contribution in [0.25, 0.3) is 0 Å². The van der Waals surface area contributed by atoms with Crippen molar-refractivity contribution in [2.75, 3.05) is 13.2 Å². The topological polar surface area (TPSA) is 78.9 Å². The van der Waals surface area contributed by atoms with Gasteiger partial charge < -0.3 is 14.2 Å². The molecule has 0 aromatic carbocycles. The van der Waals surface area contributed by atoms with Gasteiger partial charge in [-0.15, -0.1) is 0 Å². The molecule has 52 heavy (non-hydrogen) atoms. The van der Waals surface area contributed by atoms with E-state index < -0.39 is 6.10 Å². The second-order valence-corrected chi connectivity index (χ2v) is 13.9. The van der Waals surface area contributed by atoms with Crippen LogP contribution >= 0.6 is 0 Å². The Balaban J connectivity index is 4.45. The molecule has 6 heteroatoms. The van der Waals surface area contributed by atoms with Gasteiger partial charge in [0.05, 0.1) is 0 Å². The quantitative estimate of drug-likeness (QED) is 0.0208. The van der Waals surface area contributed by atoms with Gasteiger partial charge >= 0.3 is 17.9 Å². The van der Waals surface area contributed by atoms with Gasteiger partial charge in [-0.25, -0.2) is 0 Å². The van der Waals surface area contributed by atoms with Crippen LogP contribution in [0.15, 0.2) is 60.8 Å². The molecule has 0 saturated carbocycles. The molecule has 0 N–H and O–H groups in total. The zero-order valence-corrected chi connectivity index (χ0v) is 33.8. The van der Waals surface area contributed by atoms with Crippen molar-refractivity contribution in [2.45, 2.75) is 200 Å². The molecule has 1 unspecified atom stereocenters. The number of hydrogen-bond donors (Lipinski definition) is 0. The third-order valence-electron chi connectivity index (χ3n) is 8.75. The highest BCUT2D eigenvalue weighted by Gasteiger charge is 2.19. The molecule has 0 spiro atoms. The Morgan fingerprint density at radius 1 is 0.423 bits per heavy atom. The van der Waals surface area contributed by atoms with E-state index in [4.69, 9.17) is 14.2 Å². The van der Waals surface area contributed by atoms with Crippen molar-refractivity contribution in [3.63, 3.8) is 0 Å². The fourth-order valence-electron chi connectivity index (χ4n) is 5.51. The zero-order chi connectivity index (χ0) is 38.0. The van der Waals surface area contributed by atoms with Gasteiger partial charge in [-0.2, -0.15) is 0 Å². The van der Waals surface area contributed by atoms with E-state index in [0.29, 0.717) is 12.8 Å². The predicted octanol–water partition coefficient (Wildman–Crippen LogP) is 13.4. The minimum absolute atomic E-state index is 0.104. The Hall–Kier alpha value is -2.89. The van der Waals surface area contributed by atoms with E-state index in [1.807, 2.05) is 0 Å². The molecule has 0 fully saturated rings. The summed E-state index contributed by atoms with van der Waals surface area (Å²) in [6, 6.07) is 0. The lowest BCUT2D eigenvalue weighted by atomic mass is 10.1. The van der Waals surface area contributed by atoms with Crippen molar-refractivity contribution in [1.29, 1.82) is 0 Å². The lowest BCUT2D eigenvalue weighted by Gasteiger charge is -2.18. The Morgan fingerprint density at radius 3 is 1.38 bits per heavy atom. The van der Waals surface area contributed by atoms with Gasteiger partial charge in [0, 0.05) is 19.3 Å². The fraction of sp³-hybridized carbons (Fsp3) is 0.717. The second kappa shape index (κ2) is 40.9. The van der Waals surface area contributed by atoms with Gasteiger partial charge in [0.25, 0.3) is 0 Å². The van der Waals surface area contributed by atoms with E-state index in [1.54, 1.807) is 0 Å². The molecular formula is C46H78O6. The molecule has 0 bridgehead atoms. The first kappa shape index (κ1) is 49.1. The molecule has 0 aliphatic heterocycles. The second-order valence-electron chi connectivity index (χ2n) is 13.9. The molecule has 0 aromatic heterocycles. The largest absolute Gasteiger partial charge is 0.462 e. The van der Waals surface area contributed by atoms with Crippen LogP contribution in [-0.4, -0.2) is 37.2 Å². The van der Waals surface area contributed by atoms with Crippen molar-refractivity contribution in [3.05, 3.63) is 60.8 Å². The SMILES string of the molecule is CC/C=C\C/C=C\CCCCC(=O)OCC(COC(=O)CCCCC/C=C\CCCCCCCCC)OC(=O)CCCCC/C=C\C=C/CCCC. The first-order chi connectivity index (χ1) is 25.5. The maximum Gasteiger partial charge on any atom is 0.306 e. The van der Waals surface area contributed by atoms with E-state index in [0.717, 1.165) is 96.3 Å². The molecule has 6 nitrogen and oxygen atoms in total. The fourth-order valence-corrected chi connectivity index (χ4v) is 5.51. The van der Waals surface area contributed by atoms with Gasteiger partial charge in [-0.1, -0.05) is 146 Å². The van der Waals surface area contributed by atoms with Gasteiger partial charge in [-0.05, 0) is 89.9 Å². The van der Waals surface area contributed by atoms with Crippen LogP contribution in [0, 0.1) is 0 Å². The van der Waals surface area contributed by atoms with E-state index in [9.17, 15) is 14.4 Å². The Morgan fingerprint density at radius 2 is 0.827 bits per heavy atom. The summed E-state index contributed by atoms with van der Waals surface area (Å²) < 4.78 is 16.6. The predicted molar refractivity (Wildman–Crippen MR) is 219 cm³/mol. The molecule has 0 aliphatic carbocycles. The smallest absolute Gasteiger partial charge is 0.306 e. The molecule has 0 amide bonds. The van der Waals surface area contributed by atoms with E-state index in [-0.39, 0.29) is 37.5 Å². The lowest BCUT2D eigenvalue weighted by Crippen LogP contribution is -2.30. The maximum atomic E-state index is 12.6. The normalized spacial score (nSPS) is 12.6. The standard InChI is InChI=1S/C46H78O6/c1-4-7-10-13-16-19-21-22-23-25-27-30-33-36-39-45(48)51-42-43(41-50-44(47)38-35-32-29-26-18-15-12-9-6-3)52-46(49)40-37-34-31-28-24-20-17-14-11-8-5-2/h9,12,14,17-18,20,23-26,43H,4-8,10-11,13,15-16,19,21-22,27-42H2,1-3H3/b12-9-,17-14-,24-20-,25-23-,26-18-. The van der Waals surface area contributed by atoms with E-state index >= 15 is 0 Å². The van der Waals surface area contributed by atoms with Crippen LogP contribution in [0.4, 0.5) is 0 Å². The minimum Gasteiger partial charge on any atom is -0.462 e. The molecule has 298 valence electrons. The maximum absolute atomic E-state index is 12.6. The number of allylic oxidation sites excluding steroid dienone is 10. The third-order valence-corrected chi connectivity index (χ3v) is 8.75. The number of rotatable bonds is 37. The molecule has 0 aromatic rings. The zero-order valence-electron chi connectivity index (χ0n) is 33.8. The summed E-state index contributed by atoms with van der Waals surface area (Å²) in [6.07, 6.45) is 47.9. The van der Waals surface area contributed by atoms with Crippen LogP contribution in [0.2, 0.25) is 0 Å². The number of ether oxygens (including phenoxy) is 3. The lowest BCUT2D eigenvalue weighted by molar-refractivity contribution is -0.167. The van der Waals surface area contributed by atoms with Gasteiger partial charge in [0.1, 0.15) is 13.2 Å². The molecule has 0 saturated heterocycles. The number of carbonyl (C=O) groups is 3. The number of hydrogen-bond acceptors (Lipinski definition) is 6. The van der Waals surface area contributed by atoms with Gasteiger partial charge in [0.15, 0.2) is 6.10 Å². The Bertz CT molecular complexity index is 975. The van der Waals surface area contributed by atoms with E-state index in [1.165, 1.54) is 57.8 Å². The number of esters is 3. The highest BCUT2D eigenvalue weighted by Crippen LogP contribution is 2.12. The van der Waals surface area contributed by atoms with Crippen molar-refractivity contribution in [1.82, 2.24) is 0 Å². The summed E-state index contributed by atoms with van der Waals surface area (Å²) in [5.74, 6) is -0.993. The first-order valence-electron chi connectivity index (χ1n) is 21.3. The molecule has 0 rings (SSSR count). The van der Waals surface area contributed by atoms with Crippen LogP contribution in [0.1, 0.15) is 194 Å². The Labute approximate surface area is 320 Å². The van der Waals surface area contributed by atoms with Crippen molar-refractivity contribution < 1.29 is 28.6 Å². The molecular weight excluding hydrogens is 649 g/mol. The van der Waals surface area contributed by atoms with Crippen molar-refractivity contribution in [3.8, 4) is 0 Å². The number of carbonyl (C=O) groups excluding carboxylic acids is 3. The van der Waals surface area contributed by atoms with Crippen molar-refractivity contribution in [2.24, 2.45) is 0 Å². The summed E-state index contributed by atoms with van der Waals surface area (Å²) >= 11 is 0. The van der Waals surface area contributed by atoms with E-state index in [2.05, 4.69) is 81.5 Å². The average molecular weight is 727 g/mol. The summed E-state index contributed by atoms with van der Waals surface area (Å²) in [6.45, 7) is 6.36. The molecule has 0 aliphatic rings. The third kappa shape index (κ3) is 38.3. The monoisotopic (exact) mass is 727 g/mol. The minimum atomic E-state index is -0.802. The first-order valence-corrected chi connectivity index (χ1v) is 21.3. The highest BCUT2D eigenvalue weighted by molar-refractivity contribution is 5.71. The summed E-state index contributed by atoms with van der Waals surface area (Å²) in [5, 5.41) is 0. The summed E-state index contributed by atoms with van der Waals surface area (Å²) in [7, 11) is 0. The molecule has 0 heterocycles. The van der Waals surface area contributed by atoms with Crippen LogP contribution in [0.5, 0.6) is 0 Å². The Kier molecular flexibility index (Phi) is 38.6. The number of unbranched alkanes of at least 4 members (excludes halogenated alkanes) is 17.